The van der Waals surface area contributed by atoms with Crippen molar-refractivity contribution >= 4 is 23.2 Å². The zero-order valence-corrected chi connectivity index (χ0v) is 14.0. The Bertz CT molecular complexity index is 891. The first kappa shape index (κ1) is 17.2. The lowest BCUT2D eigenvalue weighted by Crippen LogP contribution is -2.22. The van der Waals surface area contributed by atoms with Crippen LogP contribution < -0.4 is 16.4 Å². The fourth-order valence-corrected chi connectivity index (χ4v) is 2.33. The van der Waals surface area contributed by atoms with Gasteiger partial charge in [-0.3, -0.25) is 14.6 Å². The standard InChI is InChI=1S/C20H18N4O2/c21-17-7-5-15(6-8-17)20(26)24-18-9-3-14(4-10-18)12-23-19(25)16-2-1-11-22-13-16/h1-11,13H,12,21H2,(H,23,25)(H,24,26). The van der Waals surface area contributed by atoms with Gasteiger partial charge in [0, 0.05) is 35.9 Å². The number of hydrogen-bond acceptors (Lipinski definition) is 4. The summed E-state index contributed by atoms with van der Waals surface area (Å²) in [6.45, 7) is 0.389. The van der Waals surface area contributed by atoms with Crippen LogP contribution in [0.15, 0.2) is 73.1 Å². The highest BCUT2D eigenvalue weighted by Gasteiger charge is 2.07. The van der Waals surface area contributed by atoms with Gasteiger partial charge in [-0.25, -0.2) is 0 Å². The quantitative estimate of drug-likeness (QED) is 0.619. The Morgan fingerprint density at radius 2 is 1.62 bits per heavy atom. The van der Waals surface area contributed by atoms with Crippen molar-refractivity contribution in [3.05, 3.63) is 89.7 Å². The molecule has 130 valence electrons. The lowest BCUT2D eigenvalue weighted by atomic mass is 10.1. The van der Waals surface area contributed by atoms with Crippen molar-refractivity contribution in [1.82, 2.24) is 10.3 Å². The molecule has 2 amide bonds. The molecule has 0 unspecified atom stereocenters. The fourth-order valence-electron chi connectivity index (χ4n) is 2.33. The summed E-state index contributed by atoms with van der Waals surface area (Å²) >= 11 is 0. The Labute approximate surface area is 151 Å². The minimum Gasteiger partial charge on any atom is -0.399 e. The molecule has 0 aliphatic heterocycles. The Morgan fingerprint density at radius 3 is 2.27 bits per heavy atom. The molecule has 0 radical (unpaired) electrons. The van der Waals surface area contributed by atoms with Gasteiger partial charge >= 0.3 is 0 Å². The van der Waals surface area contributed by atoms with E-state index in [4.69, 9.17) is 5.73 Å². The van der Waals surface area contributed by atoms with Gasteiger partial charge in [-0.05, 0) is 54.1 Å². The summed E-state index contributed by atoms with van der Waals surface area (Å²) in [6, 6.07) is 17.4. The van der Waals surface area contributed by atoms with E-state index in [2.05, 4.69) is 15.6 Å². The second-order valence-corrected chi connectivity index (χ2v) is 5.70. The summed E-state index contributed by atoms with van der Waals surface area (Å²) in [5.41, 5.74) is 8.88. The number of nitrogen functional groups attached to an aromatic ring is 1. The first-order valence-corrected chi connectivity index (χ1v) is 8.06. The van der Waals surface area contributed by atoms with Crippen molar-refractivity contribution in [2.45, 2.75) is 6.54 Å². The van der Waals surface area contributed by atoms with Crippen LogP contribution in [-0.2, 0) is 6.54 Å². The third kappa shape index (κ3) is 4.45. The summed E-state index contributed by atoms with van der Waals surface area (Å²) in [5.74, 6) is -0.388. The Hall–Kier alpha value is -3.67. The van der Waals surface area contributed by atoms with Crippen LogP contribution in [0.3, 0.4) is 0 Å². The summed E-state index contributed by atoms with van der Waals surface area (Å²) in [6.07, 6.45) is 3.14. The van der Waals surface area contributed by atoms with E-state index < -0.39 is 0 Å². The van der Waals surface area contributed by atoms with Gasteiger partial charge < -0.3 is 16.4 Å². The molecule has 0 bridgehead atoms. The molecule has 3 rings (SSSR count). The fraction of sp³-hybridized carbons (Fsp3) is 0.0500. The summed E-state index contributed by atoms with van der Waals surface area (Å²) in [4.78, 5) is 28.1. The normalized spacial score (nSPS) is 10.2. The molecule has 3 aromatic rings. The van der Waals surface area contributed by atoms with Crippen molar-refractivity contribution < 1.29 is 9.59 Å². The van der Waals surface area contributed by atoms with Crippen LogP contribution in [0, 0.1) is 0 Å². The third-order valence-electron chi connectivity index (χ3n) is 3.76. The molecule has 0 fully saturated rings. The molecule has 0 atom stereocenters. The van der Waals surface area contributed by atoms with E-state index >= 15 is 0 Å². The Balaban J connectivity index is 1.55. The maximum atomic E-state index is 12.2. The monoisotopic (exact) mass is 346 g/mol. The molecule has 0 saturated heterocycles. The number of carbonyl (C=O) groups is 2. The van der Waals surface area contributed by atoms with Crippen molar-refractivity contribution in [2.24, 2.45) is 0 Å². The van der Waals surface area contributed by atoms with E-state index in [9.17, 15) is 9.59 Å². The zero-order valence-electron chi connectivity index (χ0n) is 14.0. The van der Waals surface area contributed by atoms with Crippen molar-refractivity contribution in [3.8, 4) is 0 Å². The van der Waals surface area contributed by atoms with E-state index in [0.29, 0.717) is 29.0 Å². The van der Waals surface area contributed by atoms with Gasteiger partial charge in [0.25, 0.3) is 11.8 Å². The minimum atomic E-state index is -0.206. The molecule has 6 heteroatoms. The molecule has 0 spiro atoms. The number of nitrogens with zero attached hydrogens (tertiary/aromatic N) is 1. The van der Waals surface area contributed by atoms with Gasteiger partial charge in [0.05, 0.1) is 5.56 Å². The zero-order chi connectivity index (χ0) is 18.4. The smallest absolute Gasteiger partial charge is 0.255 e. The van der Waals surface area contributed by atoms with E-state index in [1.54, 1.807) is 54.7 Å². The predicted molar refractivity (Wildman–Crippen MR) is 101 cm³/mol. The number of amides is 2. The molecule has 2 aromatic carbocycles. The van der Waals surface area contributed by atoms with Gasteiger partial charge in [0.15, 0.2) is 0 Å². The molecule has 0 aliphatic rings. The van der Waals surface area contributed by atoms with Crippen molar-refractivity contribution in [3.63, 3.8) is 0 Å². The first-order chi connectivity index (χ1) is 12.6. The lowest BCUT2D eigenvalue weighted by Gasteiger charge is -2.08. The largest absolute Gasteiger partial charge is 0.399 e. The van der Waals surface area contributed by atoms with Gasteiger partial charge in [-0.15, -0.1) is 0 Å². The number of pyridine rings is 1. The number of aromatic nitrogens is 1. The van der Waals surface area contributed by atoms with Gasteiger partial charge in [0.2, 0.25) is 0 Å². The van der Waals surface area contributed by atoms with Crippen LogP contribution in [0.5, 0.6) is 0 Å². The second-order valence-electron chi connectivity index (χ2n) is 5.70. The van der Waals surface area contributed by atoms with Crippen LogP contribution in [0.4, 0.5) is 11.4 Å². The summed E-state index contributed by atoms with van der Waals surface area (Å²) in [7, 11) is 0. The van der Waals surface area contributed by atoms with Crippen molar-refractivity contribution in [2.75, 3.05) is 11.1 Å². The van der Waals surface area contributed by atoms with Gasteiger partial charge in [-0.1, -0.05) is 12.1 Å². The molecule has 1 aromatic heterocycles. The van der Waals surface area contributed by atoms with E-state index in [1.807, 2.05) is 12.1 Å². The maximum absolute atomic E-state index is 12.2. The average molecular weight is 346 g/mol. The highest BCUT2D eigenvalue weighted by Crippen LogP contribution is 2.13. The number of nitrogens with one attached hydrogen (secondary N) is 2. The number of nitrogens with two attached hydrogens (primary N) is 1. The average Bonchev–Trinajstić information content (AvgIpc) is 2.68. The molecule has 4 N–H and O–H groups in total. The highest BCUT2D eigenvalue weighted by atomic mass is 16.2. The number of carbonyl (C=O) groups excluding carboxylic acids is 2. The van der Waals surface area contributed by atoms with E-state index in [0.717, 1.165) is 5.56 Å². The maximum Gasteiger partial charge on any atom is 0.255 e. The van der Waals surface area contributed by atoms with Crippen LogP contribution >= 0.6 is 0 Å². The first-order valence-electron chi connectivity index (χ1n) is 8.06. The Morgan fingerprint density at radius 1 is 0.885 bits per heavy atom. The third-order valence-corrected chi connectivity index (χ3v) is 3.76. The molecular formula is C20H18N4O2. The van der Waals surface area contributed by atoms with Gasteiger partial charge in [0.1, 0.15) is 0 Å². The molecule has 0 aliphatic carbocycles. The van der Waals surface area contributed by atoms with Crippen LogP contribution in [0.2, 0.25) is 0 Å². The molecule has 26 heavy (non-hydrogen) atoms. The van der Waals surface area contributed by atoms with Crippen LogP contribution in [-0.4, -0.2) is 16.8 Å². The molecule has 0 saturated carbocycles. The number of anilines is 2. The van der Waals surface area contributed by atoms with Crippen LogP contribution in [0.1, 0.15) is 26.3 Å². The number of hydrogen-bond donors (Lipinski definition) is 3. The lowest BCUT2D eigenvalue weighted by molar-refractivity contribution is 0.0949. The SMILES string of the molecule is Nc1ccc(C(=O)Nc2ccc(CNC(=O)c3cccnc3)cc2)cc1. The van der Waals surface area contributed by atoms with E-state index in [-0.39, 0.29) is 11.8 Å². The molecule has 1 heterocycles. The second kappa shape index (κ2) is 7.94. The van der Waals surface area contributed by atoms with Crippen molar-refractivity contribution in [1.29, 1.82) is 0 Å². The summed E-state index contributed by atoms with van der Waals surface area (Å²) in [5, 5.41) is 5.65. The minimum absolute atomic E-state index is 0.182. The molecular weight excluding hydrogens is 328 g/mol. The van der Waals surface area contributed by atoms with Crippen LogP contribution in [0.25, 0.3) is 0 Å². The Kier molecular flexibility index (Phi) is 5.24. The molecule has 6 nitrogen and oxygen atoms in total. The topological polar surface area (TPSA) is 97.1 Å². The highest BCUT2D eigenvalue weighted by molar-refractivity contribution is 6.04. The number of rotatable bonds is 5. The summed E-state index contributed by atoms with van der Waals surface area (Å²) < 4.78 is 0. The predicted octanol–water partition coefficient (Wildman–Crippen LogP) is 2.85. The van der Waals surface area contributed by atoms with Gasteiger partial charge in [-0.2, -0.15) is 0 Å². The number of benzene rings is 2. The van der Waals surface area contributed by atoms with E-state index in [1.165, 1.54) is 6.20 Å².